The molecule has 9 heavy (non-hydrogen) atoms. The van der Waals surface area contributed by atoms with Gasteiger partial charge in [0, 0.05) is 0 Å². The van der Waals surface area contributed by atoms with Gasteiger partial charge in [0.2, 0.25) is 0 Å². The first-order valence-corrected chi connectivity index (χ1v) is 6.12. The minimum atomic E-state index is -5.31. The van der Waals surface area contributed by atoms with Crippen LogP contribution in [0.5, 0.6) is 0 Å². The van der Waals surface area contributed by atoms with Crippen LogP contribution in [-0.4, -0.2) is 16.8 Å². The Morgan fingerprint density at radius 1 is 0.889 bits per heavy atom. The summed E-state index contributed by atoms with van der Waals surface area (Å²) in [6.07, 6.45) is 0. The van der Waals surface area contributed by atoms with E-state index < -0.39 is 29.7 Å². The Morgan fingerprint density at radius 2 is 1.11 bits per heavy atom. The average molecular weight is 225 g/mol. The molecule has 0 amide bonds. The van der Waals surface area contributed by atoms with E-state index in [9.17, 15) is 24.6 Å². The van der Waals surface area contributed by atoms with E-state index in [1.165, 1.54) is 0 Å². The molecular weight excluding hydrogens is 225 g/mol. The monoisotopic (exact) mass is 224 g/mol. The second kappa shape index (κ2) is 2.47. The van der Waals surface area contributed by atoms with Gasteiger partial charge in [-0.25, -0.2) is 0 Å². The predicted octanol–water partition coefficient (Wildman–Crippen LogP) is -0.502. The Hall–Kier alpha value is 0.254. The molecule has 4 nitrogen and oxygen atoms in total. The van der Waals surface area contributed by atoms with Crippen molar-refractivity contribution in [3.63, 3.8) is 0 Å². The molecule has 0 aliphatic rings. The van der Waals surface area contributed by atoms with Gasteiger partial charge in [0.1, 0.15) is 0 Å². The van der Waals surface area contributed by atoms with Crippen molar-refractivity contribution in [2.75, 3.05) is 0 Å². The molecule has 0 aromatic carbocycles. The zero-order chi connectivity index (χ0) is 7.71. The Morgan fingerprint density at radius 3 is 1.11 bits per heavy atom. The van der Waals surface area contributed by atoms with E-state index in [1.807, 2.05) is 0 Å². The first-order chi connectivity index (χ1) is 3.71. The maximum absolute atomic E-state index is 11.2. The van der Waals surface area contributed by atoms with E-state index in [0.717, 1.165) is 0 Å². The minimum absolute atomic E-state index is 1.56. The number of hydrogen-bond donors (Lipinski definition) is 0. The van der Waals surface area contributed by atoms with Crippen molar-refractivity contribution in [2.24, 2.45) is 0 Å². The molecule has 0 saturated carbocycles. The van der Waals surface area contributed by atoms with Gasteiger partial charge in [0.25, 0.3) is 0 Å². The molecular formula is F2NiO4S2. The molecule has 9 heteroatoms. The molecule has 0 radical (unpaired) electrons. The van der Waals surface area contributed by atoms with Crippen molar-refractivity contribution in [1.29, 1.82) is 0 Å². The molecule has 0 bridgehead atoms. The van der Waals surface area contributed by atoms with Gasteiger partial charge >= 0.3 is 54.3 Å². The molecule has 0 N–H and O–H groups in total. The molecule has 0 unspecified atom stereocenters. The SMILES string of the molecule is O=[S](=O)(F)[Ni][S](=O)(=O)F. The van der Waals surface area contributed by atoms with Crippen molar-refractivity contribution >= 4 is 17.5 Å². The van der Waals surface area contributed by atoms with E-state index >= 15 is 0 Å². The van der Waals surface area contributed by atoms with Gasteiger partial charge in [-0.15, -0.1) is 0 Å². The Labute approximate surface area is 54.7 Å². The molecule has 0 aromatic heterocycles. The van der Waals surface area contributed by atoms with Crippen LogP contribution in [0.3, 0.4) is 0 Å². The van der Waals surface area contributed by atoms with E-state index in [4.69, 9.17) is 0 Å². The van der Waals surface area contributed by atoms with Crippen LogP contribution in [0.4, 0.5) is 7.77 Å². The quantitative estimate of drug-likeness (QED) is 0.469. The van der Waals surface area contributed by atoms with Crippen molar-refractivity contribution in [3.05, 3.63) is 0 Å². The fraction of sp³-hybridized carbons (Fsp3) is 0. The summed E-state index contributed by atoms with van der Waals surface area (Å²) in [6.45, 7) is 0. The third kappa shape index (κ3) is 8.25. The van der Waals surface area contributed by atoms with E-state index in [1.54, 1.807) is 0 Å². The molecule has 0 rings (SSSR count). The Kier molecular flexibility index (Phi) is 2.54. The Balaban J connectivity index is 4.46. The van der Waals surface area contributed by atoms with Gasteiger partial charge < -0.3 is 0 Å². The molecule has 0 heterocycles. The van der Waals surface area contributed by atoms with Crippen LogP contribution in [0.1, 0.15) is 0 Å². The molecule has 60 valence electrons. The van der Waals surface area contributed by atoms with E-state index in [0.29, 0.717) is 0 Å². The van der Waals surface area contributed by atoms with Crippen LogP contribution >= 0.6 is 0 Å². The average Bonchev–Trinajstić information content (AvgIpc) is 1.14. The summed E-state index contributed by atoms with van der Waals surface area (Å²) < 4.78 is 59.8. The second-order valence-electron chi connectivity index (χ2n) is 0.749. The summed E-state index contributed by atoms with van der Waals surface area (Å²) in [6, 6.07) is 0. The molecule has 0 fully saturated rings. The number of hydrogen-bond acceptors (Lipinski definition) is 4. The zero-order valence-corrected chi connectivity index (χ0v) is 6.14. The molecule has 0 aromatic rings. The van der Waals surface area contributed by atoms with Crippen molar-refractivity contribution in [2.45, 2.75) is 0 Å². The summed E-state index contributed by atoms with van der Waals surface area (Å²) in [5.74, 6) is 0. The second-order valence-corrected chi connectivity index (χ2v) is 6.93. The first kappa shape index (κ1) is 9.25. The van der Waals surface area contributed by atoms with E-state index in [-0.39, 0.29) is 0 Å². The van der Waals surface area contributed by atoms with Gasteiger partial charge in [-0.05, 0) is 0 Å². The van der Waals surface area contributed by atoms with Crippen LogP contribution in [0.2, 0.25) is 0 Å². The number of halogens is 2. The van der Waals surface area contributed by atoms with Crippen LogP contribution in [-0.2, 0) is 29.7 Å². The van der Waals surface area contributed by atoms with Crippen molar-refractivity contribution in [1.82, 2.24) is 0 Å². The van der Waals surface area contributed by atoms with Crippen LogP contribution in [0, 0.1) is 0 Å². The van der Waals surface area contributed by atoms with Crippen molar-refractivity contribution < 1.29 is 36.9 Å². The van der Waals surface area contributed by atoms with Crippen LogP contribution < -0.4 is 0 Å². The van der Waals surface area contributed by atoms with Gasteiger partial charge in [-0.1, -0.05) is 0 Å². The van der Waals surface area contributed by atoms with Gasteiger partial charge in [-0.2, -0.15) is 0 Å². The third-order valence-corrected chi connectivity index (χ3v) is 4.67. The van der Waals surface area contributed by atoms with Crippen LogP contribution in [0.25, 0.3) is 0 Å². The normalized spacial score (nSPS) is 14.0. The summed E-state index contributed by atoms with van der Waals surface area (Å²) in [4.78, 5) is 0. The third-order valence-electron chi connectivity index (χ3n) is 0.126. The maximum atomic E-state index is 11.2. The summed E-state index contributed by atoms with van der Waals surface area (Å²) in [5.41, 5.74) is 0. The topological polar surface area (TPSA) is 68.3 Å². The zero-order valence-electron chi connectivity index (χ0n) is 3.52. The molecule has 0 atom stereocenters. The summed E-state index contributed by atoms with van der Waals surface area (Å²) in [5, 5.41) is 0. The molecule has 0 spiro atoms. The standard InChI is InChI=1S/2FO2S.Ni/c2*1-4(2)3;. The van der Waals surface area contributed by atoms with Gasteiger partial charge in [0.05, 0.1) is 0 Å². The summed E-state index contributed by atoms with van der Waals surface area (Å²) in [7, 11) is -10.6. The molecule has 0 aliphatic carbocycles. The van der Waals surface area contributed by atoms with Gasteiger partial charge in [-0.3, -0.25) is 0 Å². The van der Waals surface area contributed by atoms with E-state index in [2.05, 4.69) is 0 Å². The Bertz CT molecular complexity index is 242. The first-order valence-electron chi connectivity index (χ1n) is 1.23. The summed E-state index contributed by atoms with van der Waals surface area (Å²) >= 11 is -1.56. The van der Waals surface area contributed by atoms with Gasteiger partial charge in [0.15, 0.2) is 0 Å². The predicted molar refractivity (Wildman–Crippen MR) is 20.1 cm³/mol. The number of rotatable bonds is 2. The fourth-order valence-electron chi connectivity index (χ4n) is 0.0752. The molecule has 0 aliphatic heterocycles. The van der Waals surface area contributed by atoms with Crippen LogP contribution in [0.15, 0.2) is 0 Å². The molecule has 0 saturated heterocycles. The van der Waals surface area contributed by atoms with Crippen molar-refractivity contribution in [3.8, 4) is 0 Å². The fourth-order valence-corrected chi connectivity index (χ4v) is 2.79.